The maximum absolute atomic E-state index is 14.6. The van der Waals surface area contributed by atoms with Crippen LogP contribution in [0.2, 0.25) is 0 Å². The third-order valence-electron chi connectivity index (χ3n) is 10.5. The number of nitrogens with one attached hydrogen (secondary N) is 2. The van der Waals surface area contributed by atoms with E-state index in [1.54, 1.807) is 18.1 Å². The molecule has 14 nitrogen and oxygen atoms in total. The van der Waals surface area contributed by atoms with Crippen molar-refractivity contribution in [3.05, 3.63) is 78.4 Å². The lowest BCUT2D eigenvalue weighted by molar-refractivity contribution is -0.131. The summed E-state index contributed by atoms with van der Waals surface area (Å²) in [6.45, 7) is 0.820. The highest BCUT2D eigenvalue weighted by molar-refractivity contribution is 7.91. The Morgan fingerprint density at radius 2 is 1.78 bits per heavy atom. The van der Waals surface area contributed by atoms with Gasteiger partial charge in [-0.05, 0) is 56.2 Å². The summed E-state index contributed by atoms with van der Waals surface area (Å²) < 4.78 is 45.1. The van der Waals surface area contributed by atoms with Gasteiger partial charge < -0.3 is 29.3 Å². The topological polar surface area (TPSA) is 169 Å². The zero-order valence-corrected chi connectivity index (χ0v) is 31.3. The second-order valence-electron chi connectivity index (χ2n) is 14.4. The van der Waals surface area contributed by atoms with E-state index in [2.05, 4.69) is 20.0 Å². The van der Waals surface area contributed by atoms with Crippen LogP contribution in [0.25, 0.3) is 11.3 Å². The van der Waals surface area contributed by atoms with Crippen LogP contribution in [-0.2, 0) is 26.2 Å². The largest absolute Gasteiger partial charge is 0.497 e. The Bertz CT molecular complexity index is 1990. The summed E-state index contributed by atoms with van der Waals surface area (Å²) in [4.78, 5) is 54.9. The number of hydrogen-bond donors (Lipinski definition) is 2. The van der Waals surface area contributed by atoms with E-state index < -0.39 is 50.7 Å². The predicted octanol–water partition coefficient (Wildman–Crippen LogP) is 4.22. The average Bonchev–Trinajstić information content (AvgIpc) is 4.11. The fourth-order valence-electron chi connectivity index (χ4n) is 7.17. The molecule has 0 radical (unpaired) electrons. The molecular weight excluding hydrogens is 713 g/mol. The smallest absolute Gasteiger partial charge is 0.321 e. The number of allylic oxidation sites excluding steroid dienone is 1. The van der Waals surface area contributed by atoms with Gasteiger partial charge in [0.25, 0.3) is 5.91 Å². The number of sulfonamides is 1. The SMILES string of the molecule is COc1ccc(CN2CCCCCC=CC3CC3(C(=O)NS(=O)(=O)C3CC3)NC(=O)C3CC(Oc4cc(-c5ccccc5)nc(OC)n4)CN3C2=O)cc1. The second-order valence-corrected chi connectivity index (χ2v) is 16.3. The number of rotatable bonds is 10. The molecule has 1 saturated heterocycles. The van der Waals surface area contributed by atoms with Crippen molar-refractivity contribution in [3.63, 3.8) is 0 Å². The minimum atomic E-state index is -3.87. The van der Waals surface area contributed by atoms with Crippen LogP contribution in [0.1, 0.15) is 56.9 Å². The number of hydrogen-bond acceptors (Lipinski definition) is 10. The molecule has 3 heterocycles. The molecule has 2 aliphatic heterocycles. The van der Waals surface area contributed by atoms with Gasteiger partial charge in [-0.3, -0.25) is 14.3 Å². The summed E-state index contributed by atoms with van der Waals surface area (Å²) in [7, 11) is -0.811. The van der Waals surface area contributed by atoms with Gasteiger partial charge in [0.2, 0.25) is 21.8 Å². The van der Waals surface area contributed by atoms with E-state index in [1.807, 2.05) is 66.7 Å². The van der Waals surface area contributed by atoms with Gasteiger partial charge in [0.15, 0.2) is 0 Å². The first-order chi connectivity index (χ1) is 26.1. The third kappa shape index (κ3) is 8.30. The highest BCUT2D eigenvalue weighted by Gasteiger charge is 2.62. The Balaban J connectivity index is 1.19. The van der Waals surface area contributed by atoms with Crippen LogP contribution >= 0.6 is 0 Å². The molecule has 3 fully saturated rings. The standard InChI is InChI=1S/C39H46N6O8S/c1-51-29-16-14-26(15-17-29)24-44-20-10-5-3-4-9-13-28-23-39(28,36(47)43-54(49,50)31-18-19-31)42-35(46)33-21-30(25-45(33)38(44)48)53-34-22-32(40-37(41-34)52-2)27-11-7-6-8-12-27/h6-9,11-17,22,28,30-31,33H,3-5,10,18-21,23-25H2,1-2H3,(H,42,46)(H,43,47). The van der Waals surface area contributed by atoms with Crippen molar-refractivity contribution in [3.8, 4) is 28.9 Å². The number of ether oxygens (including phenoxy) is 3. The van der Waals surface area contributed by atoms with Crippen molar-refractivity contribution in [2.75, 3.05) is 27.3 Å². The summed E-state index contributed by atoms with van der Waals surface area (Å²) in [5.41, 5.74) is 0.835. The first-order valence-electron chi connectivity index (χ1n) is 18.5. The van der Waals surface area contributed by atoms with E-state index >= 15 is 0 Å². The molecule has 0 spiro atoms. The number of nitrogens with zero attached hydrogens (tertiary/aromatic N) is 4. The maximum atomic E-state index is 14.6. The summed E-state index contributed by atoms with van der Waals surface area (Å²) >= 11 is 0. The number of benzene rings is 2. The Hall–Kier alpha value is -5.18. The molecule has 4 aliphatic rings. The highest BCUT2D eigenvalue weighted by Crippen LogP contribution is 2.46. The van der Waals surface area contributed by atoms with Gasteiger partial charge in [-0.2, -0.15) is 9.97 Å². The highest BCUT2D eigenvalue weighted by atomic mass is 32.2. The van der Waals surface area contributed by atoms with Gasteiger partial charge in [0.05, 0.1) is 31.7 Å². The molecule has 7 rings (SSSR count). The van der Waals surface area contributed by atoms with E-state index in [0.29, 0.717) is 37.4 Å². The van der Waals surface area contributed by atoms with Crippen molar-refractivity contribution >= 4 is 27.9 Å². The van der Waals surface area contributed by atoms with Crippen molar-refractivity contribution in [2.45, 2.75) is 80.8 Å². The molecule has 0 bridgehead atoms. The zero-order chi connectivity index (χ0) is 37.9. The zero-order valence-electron chi connectivity index (χ0n) is 30.5. The number of urea groups is 1. The van der Waals surface area contributed by atoms with Crippen LogP contribution in [0, 0.1) is 5.92 Å². The number of methoxy groups -OCH3 is 2. The van der Waals surface area contributed by atoms with Gasteiger partial charge in [0, 0.05) is 37.1 Å². The molecule has 286 valence electrons. The van der Waals surface area contributed by atoms with Gasteiger partial charge in [-0.15, -0.1) is 0 Å². The van der Waals surface area contributed by atoms with E-state index in [-0.39, 0.29) is 37.3 Å². The average molecular weight is 759 g/mol. The fraction of sp³-hybridized carbons (Fsp3) is 0.462. The van der Waals surface area contributed by atoms with Crippen molar-refractivity contribution in [1.82, 2.24) is 29.8 Å². The van der Waals surface area contributed by atoms with Gasteiger partial charge in [-0.1, -0.05) is 61.0 Å². The van der Waals surface area contributed by atoms with Crippen LogP contribution in [0.15, 0.2) is 72.8 Å². The number of carbonyl (C=O) groups is 3. The molecule has 54 heavy (non-hydrogen) atoms. The van der Waals surface area contributed by atoms with Crippen molar-refractivity contribution in [1.29, 1.82) is 0 Å². The van der Waals surface area contributed by atoms with Gasteiger partial charge >= 0.3 is 12.0 Å². The van der Waals surface area contributed by atoms with Crippen LogP contribution in [-0.4, -0.2) is 96.3 Å². The molecular formula is C39H46N6O8S. The van der Waals surface area contributed by atoms with Crippen LogP contribution < -0.4 is 24.2 Å². The third-order valence-corrected chi connectivity index (χ3v) is 12.3. The molecule has 4 amide bonds. The monoisotopic (exact) mass is 758 g/mol. The first kappa shape index (κ1) is 37.1. The minimum Gasteiger partial charge on any atom is -0.497 e. The van der Waals surface area contributed by atoms with E-state index in [0.717, 1.165) is 36.8 Å². The number of carbonyl (C=O) groups excluding carboxylic acids is 3. The molecule has 2 aliphatic carbocycles. The summed E-state index contributed by atoms with van der Waals surface area (Å²) in [5.74, 6) is -0.800. The molecule has 4 unspecified atom stereocenters. The van der Waals surface area contributed by atoms with Crippen molar-refractivity contribution < 1.29 is 37.0 Å². The Morgan fingerprint density at radius 1 is 1.00 bits per heavy atom. The van der Waals surface area contributed by atoms with E-state index in [1.165, 1.54) is 12.0 Å². The van der Waals surface area contributed by atoms with Gasteiger partial charge in [-0.25, -0.2) is 13.2 Å². The Kier molecular flexibility index (Phi) is 10.8. The summed E-state index contributed by atoms with van der Waals surface area (Å²) in [5, 5.41) is 2.32. The quantitative estimate of drug-likeness (QED) is 0.286. The van der Waals surface area contributed by atoms with Crippen LogP contribution in [0.5, 0.6) is 17.6 Å². The molecule has 2 aromatic carbocycles. The number of amides is 4. The van der Waals surface area contributed by atoms with Crippen LogP contribution in [0.3, 0.4) is 0 Å². The molecule has 2 saturated carbocycles. The Labute approximate surface area is 315 Å². The molecule has 2 N–H and O–H groups in total. The lowest BCUT2D eigenvalue weighted by Gasteiger charge is -2.32. The fourth-order valence-corrected chi connectivity index (χ4v) is 8.53. The van der Waals surface area contributed by atoms with Crippen molar-refractivity contribution in [2.24, 2.45) is 5.92 Å². The minimum absolute atomic E-state index is 0.0572. The molecule has 4 atom stereocenters. The van der Waals surface area contributed by atoms with Gasteiger partial charge in [0.1, 0.15) is 23.4 Å². The van der Waals surface area contributed by atoms with Crippen LogP contribution in [0.4, 0.5) is 4.79 Å². The van der Waals surface area contributed by atoms with E-state index in [9.17, 15) is 22.8 Å². The maximum Gasteiger partial charge on any atom is 0.321 e. The number of aromatic nitrogens is 2. The lowest BCUT2D eigenvalue weighted by Crippen LogP contribution is -2.57. The normalized spacial score (nSPS) is 24.7. The predicted molar refractivity (Wildman–Crippen MR) is 199 cm³/mol. The molecule has 15 heteroatoms. The molecule has 1 aromatic heterocycles. The van der Waals surface area contributed by atoms with E-state index in [4.69, 9.17) is 14.2 Å². The summed E-state index contributed by atoms with van der Waals surface area (Å²) in [6.07, 6.45) is 7.78. The summed E-state index contributed by atoms with van der Waals surface area (Å²) in [6, 6.07) is 17.4. The Morgan fingerprint density at radius 3 is 2.50 bits per heavy atom. The molecule has 3 aromatic rings. The lowest BCUT2D eigenvalue weighted by atomic mass is 10.1. The first-order valence-corrected chi connectivity index (χ1v) is 20.0. The number of fused-ring (bicyclic) bond motifs is 2. The second kappa shape index (κ2) is 15.7.